The predicted octanol–water partition coefficient (Wildman–Crippen LogP) is 8.56. The number of esters is 2. The molecule has 0 aromatic rings. The molecule has 0 amide bonds. The fourth-order valence-corrected chi connectivity index (χ4v) is 6.93. The van der Waals surface area contributed by atoms with E-state index in [2.05, 4.69) is 62.5 Å². The lowest BCUT2D eigenvalue weighted by atomic mass is 10.00. The van der Waals surface area contributed by atoms with Crippen LogP contribution in [0, 0.1) is 0 Å². The van der Waals surface area contributed by atoms with Crippen LogP contribution in [0.2, 0.25) is 0 Å². The number of aliphatic hydroxyl groups is 3. The van der Waals surface area contributed by atoms with Gasteiger partial charge >= 0.3 is 11.9 Å². The van der Waals surface area contributed by atoms with Gasteiger partial charge in [0, 0.05) is 12.8 Å². The molecular weight excluding hydrogens is 765 g/mol. The Morgan fingerprint density at radius 1 is 0.603 bits per heavy atom. The fraction of sp³-hybridized carbons (Fsp3) is 0.733. The maximum absolute atomic E-state index is 12.8. The van der Waals surface area contributed by atoms with Gasteiger partial charge in [-0.2, -0.15) is 8.42 Å². The molecule has 0 aliphatic carbocycles. The Kier molecular flexibility index (Phi) is 32.3. The summed E-state index contributed by atoms with van der Waals surface area (Å²) in [5.74, 6) is -2.06. The van der Waals surface area contributed by atoms with Gasteiger partial charge in [0.25, 0.3) is 10.1 Å². The second-order valence-electron chi connectivity index (χ2n) is 15.0. The standard InChI is InChI=1S/C45H76O12S/c1-3-5-7-9-11-13-15-17-18-19-20-22-23-25-27-29-31-33-40(46)54-35-38(36-55-45-44(50)43(49)42(48)39(57-45)37-58(51,52)53)56-41(47)34-32-30-28-26-24-21-16-14-12-10-8-6-4-2/h5,7,11,13,17-18,20,22,25,27,38-39,42-45,48-50H,3-4,6,8-10,12,14-16,19,21,23-24,26,28-37H2,1-2H3,(H,51,52,53)/b7-5-,13-11-,18-17-,22-20-,27-25-/t38?,39-,42-,43+,44-,45?/m1/s1. The molecule has 1 aliphatic rings. The van der Waals surface area contributed by atoms with Gasteiger partial charge in [-0.25, -0.2) is 0 Å². The van der Waals surface area contributed by atoms with Crippen LogP contribution in [0.25, 0.3) is 0 Å². The molecule has 0 spiro atoms. The van der Waals surface area contributed by atoms with E-state index in [9.17, 15) is 37.9 Å². The zero-order chi connectivity index (χ0) is 42.7. The van der Waals surface area contributed by atoms with Crippen LogP contribution >= 0.6 is 0 Å². The first-order valence-corrected chi connectivity index (χ1v) is 23.5. The van der Waals surface area contributed by atoms with Crippen LogP contribution in [-0.4, -0.2) is 96.0 Å². The van der Waals surface area contributed by atoms with E-state index >= 15 is 0 Å². The van der Waals surface area contributed by atoms with Crippen LogP contribution in [-0.2, 0) is 38.7 Å². The van der Waals surface area contributed by atoms with Crippen molar-refractivity contribution in [2.75, 3.05) is 19.0 Å². The van der Waals surface area contributed by atoms with Gasteiger partial charge in [0.1, 0.15) is 36.8 Å². The van der Waals surface area contributed by atoms with Crippen LogP contribution in [0.15, 0.2) is 60.8 Å². The third-order valence-corrected chi connectivity index (χ3v) is 10.4. The molecule has 12 nitrogen and oxygen atoms in total. The van der Waals surface area contributed by atoms with E-state index < -0.39 is 71.2 Å². The van der Waals surface area contributed by atoms with Gasteiger partial charge in [0.05, 0.1) is 6.61 Å². The quantitative estimate of drug-likeness (QED) is 0.0207. The molecule has 0 saturated carbocycles. The molecule has 0 bridgehead atoms. The predicted molar refractivity (Wildman–Crippen MR) is 229 cm³/mol. The summed E-state index contributed by atoms with van der Waals surface area (Å²) in [6, 6.07) is 0. The normalized spacial score (nSPS) is 21.0. The maximum Gasteiger partial charge on any atom is 0.306 e. The number of allylic oxidation sites excluding steroid dienone is 10. The van der Waals surface area contributed by atoms with Gasteiger partial charge in [-0.05, 0) is 51.4 Å². The highest BCUT2D eigenvalue weighted by molar-refractivity contribution is 7.85. The number of ether oxygens (including phenoxy) is 4. The molecule has 334 valence electrons. The SMILES string of the molecule is CC/C=C\C/C=C\C/C=C\C/C=C\C/C=C\CCCC(=O)OCC(COC1O[C@H](CS(=O)(=O)O)[C@@H](O)[C@H](O)[C@H]1O)OC(=O)CCCCCCCCCCCCCCC. The monoisotopic (exact) mass is 841 g/mol. The van der Waals surface area contributed by atoms with E-state index in [1.54, 1.807) is 0 Å². The van der Waals surface area contributed by atoms with Crippen LogP contribution in [0.4, 0.5) is 0 Å². The Bertz CT molecular complexity index is 1310. The summed E-state index contributed by atoms with van der Waals surface area (Å²) >= 11 is 0. The minimum absolute atomic E-state index is 0.140. The number of carbonyl (C=O) groups is 2. The van der Waals surface area contributed by atoms with E-state index in [1.807, 2.05) is 12.2 Å². The molecule has 1 saturated heterocycles. The molecule has 0 radical (unpaired) electrons. The Morgan fingerprint density at radius 3 is 1.60 bits per heavy atom. The highest BCUT2D eigenvalue weighted by Crippen LogP contribution is 2.24. The van der Waals surface area contributed by atoms with Crippen molar-refractivity contribution >= 4 is 22.1 Å². The average molecular weight is 841 g/mol. The van der Waals surface area contributed by atoms with Crippen molar-refractivity contribution in [2.45, 2.75) is 192 Å². The maximum atomic E-state index is 12.8. The number of hydrogen-bond donors (Lipinski definition) is 4. The van der Waals surface area contributed by atoms with Gasteiger partial charge in [-0.3, -0.25) is 14.1 Å². The Morgan fingerprint density at radius 2 is 1.09 bits per heavy atom. The van der Waals surface area contributed by atoms with Crippen LogP contribution in [0.1, 0.15) is 155 Å². The third kappa shape index (κ3) is 29.5. The molecule has 2 unspecified atom stereocenters. The lowest BCUT2D eigenvalue weighted by Gasteiger charge is -2.40. The van der Waals surface area contributed by atoms with Crippen molar-refractivity contribution in [3.05, 3.63) is 60.8 Å². The summed E-state index contributed by atoms with van der Waals surface area (Å²) in [4.78, 5) is 25.3. The second kappa shape index (κ2) is 35.1. The first-order valence-electron chi connectivity index (χ1n) is 21.8. The van der Waals surface area contributed by atoms with E-state index in [4.69, 9.17) is 18.9 Å². The van der Waals surface area contributed by atoms with Gasteiger partial charge in [-0.15, -0.1) is 0 Å². The molecule has 1 heterocycles. The molecule has 6 atom stereocenters. The van der Waals surface area contributed by atoms with Gasteiger partial charge < -0.3 is 34.3 Å². The van der Waals surface area contributed by atoms with Crippen molar-refractivity contribution in [1.82, 2.24) is 0 Å². The van der Waals surface area contributed by atoms with E-state index in [0.717, 1.165) is 51.4 Å². The molecule has 4 N–H and O–H groups in total. The van der Waals surface area contributed by atoms with Crippen molar-refractivity contribution in [3.63, 3.8) is 0 Å². The fourth-order valence-electron chi connectivity index (χ4n) is 6.24. The van der Waals surface area contributed by atoms with Crippen LogP contribution < -0.4 is 0 Å². The minimum atomic E-state index is -4.61. The highest BCUT2D eigenvalue weighted by atomic mass is 32.2. The Labute approximate surface area is 349 Å². The molecule has 13 heteroatoms. The Hall–Kier alpha value is -2.65. The smallest absolute Gasteiger partial charge is 0.306 e. The van der Waals surface area contributed by atoms with Crippen LogP contribution in [0.5, 0.6) is 0 Å². The summed E-state index contributed by atoms with van der Waals surface area (Å²) in [6.45, 7) is 3.58. The number of hydrogen-bond acceptors (Lipinski definition) is 11. The van der Waals surface area contributed by atoms with Crippen molar-refractivity contribution in [2.24, 2.45) is 0 Å². The van der Waals surface area contributed by atoms with Gasteiger partial charge in [-0.1, -0.05) is 152 Å². The minimum Gasteiger partial charge on any atom is -0.462 e. The van der Waals surface area contributed by atoms with Gasteiger partial charge in [0.15, 0.2) is 12.4 Å². The molecule has 58 heavy (non-hydrogen) atoms. The van der Waals surface area contributed by atoms with Gasteiger partial charge in [0.2, 0.25) is 0 Å². The highest BCUT2D eigenvalue weighted by Gasteiger charge is 2.46. The van der Waals surface area contributed by atoms with Crippen LogP contribution in [0.3, 0.4) is 0 Å². The van der Waals surface area contributed by atoms with Crippen molar-refractivity contribution in [3.8, 4) is 0 Å². The molecule has 1 aliphatic heterocycles. The largest absolute Gasteiger partial charge is 0.462 e. The van der Waals surface area contributed by atoms with Crippen molar-refractivity contribution < 1.29 is 56.8 Å². The average Bonchev–Trinajstić information content (AvgIpc) is 3.18. The third-order valence-electron chi connectivity index (χ3n) is 9.61. The number of rotatable bonds is 35. The molecule has 0 aromatic heterocycles. The summed E-state index contributed by atoms with van der Waals surface area (Å²) < 4.78 is 53.9. The lowest BCUT2D eigenvalue weighted by molar-refractivity contribution is -0.297. The van der Waals surface area contributed by atoms with E-state index in [1.165, 1.54) is 57.8 Å². The Balaban J connectivity index is 2.51. The topological polar surface area (TPSA) is 186 Å². The summed E-state index contributed by atoms with van der Waals surface area (Å²) in [6.07, 6.45) is 32.7. The molecule has 1 fully saturated rings. The van der Waals surface area contributed by atoms with E-state index in [0.29, 0.717) is 19.3 Å². The van der Waals surface area contributed by atoms with Crippen molar-refractivity contribution in [1.29, 1.82) is 0 Å². The second-order valence-corrected chi connectivity index (χ2v) is 16.5. The summed E-state index contributed by atoms with van der Waals surface area (Å²) in [5.41, 5.74) is 0. The first kappa shape index (κ1) is 53.4. The summed E-state index contributed by atoms with van der Waals surface area (Å²) in [7, 11) is -4.61. The molecule has 0 aromatic carbocycles. The zero-order valence-electron chi connectivity index (χ0n) is 35.4. The number of unbranched alkanes of at least 4 members (excludes halogenated alkanes) is 13. The number of aliphatic hydroxyl groups excluding tert-OH is 3. The lowest BCUT2D eigenvalue weighted by Crippen LogP contribution is -2.60. The first-order chi connectivity index (χ1) is 28.0. The summed E-state index contributed by atoms with van der Waals surface area (Å²) in [5, 5.41) is 30.8. The van der Waals surface area contributed by atoms with E-state index in [-0.39, 0.29) is 19.4 Å². The number of carbonyl (C=O) groups excluding carboxylic acids is 2. The zero-order valence-corrected chi connectivity index (χ0v) is 36.2. The molecule has 1 rings (SSSR count). The molecular formula is C45H76O12S.